The summed E-state index contributed by atoms with van der Waals surface area (Å²) in [5.41, 5.74) is 3.88. The Kier molecular flexibility index (Phi) is 4.21. The standard InChI is InChI=1S/C21H21N3O2/c1-13-6-7-20-17(10-13)19(8-9-26-20)24-21(25)23-18-5-3-4-15-12-22-14(2)11-16(15)18/h3-7,10-12,19H,8-9H2,1-2H3,(H2,23,24,25). The Hall–Kier alpha value is -3.08. The molecule has 5 heteroatoms. The summed E-state index contributed by atoms with van der Waals surface area (Å²) in [6, 6.07) is 13.6. The lowest BCUT2D eigenvalue weighted by Crippen LogP contribution is -2.35. The van der Waals surface area contributed by atoms with Crippen LogP contribution in [0, 0.1) is 13.8 Å². The molecule has 2 N–H and O–H groups in total. The number of ether oxygens (including phenoxy) is 1. The van der Waals surface area contributed by atoms with E-state index in [-0.39, 0.29) is 12.1 Å². The molecule has 0 fully saturated rings. The number of urea groups is 1. The number of nitrogens with one attached hydrogen (secondary N) is 2. The lowest BCUT2D eigenvalue weighted by Gasteiger charge is -2.27. The minimum Gasteiger partial charge on any atom is -0.493 e. The van der Waals surface area contributed by atoms with Crippen molar-refractivity contribution in [1.82, 2.24) is 10.3 Å². The summed E-state index contributed by atoms with van der Waals surface area (Å²) in [7, 11) is 0. The number of aromatic nitrogens is 1. The molecule has 0 radical (unpaired) electrons. The van der Waals surface area contributed by atoms with Crippen molar-refractivity contribution in [3.63, 3.8) is 0 Å². The molecule has 1 aliphatic heterocycles. The molecule has 4 rings (SSSR count). The highest BCUT2D eigenvalue weighted by Gasteiger charge is 2.23. The first-order chi connectivity index (χ1) is 12.6. The molecule has 0 bridgehead atoms. The van der Waals surface area contributed by atoms with E-state index in [4.69, 9.17) is 4.74 Å². The number of fused-ring (bicyclic) bond motifs is 2. The largest absolute Gasteiger partial charge is 0.493 e. The van der Waals surface area contributed by atoms with Gasteiger partial charge in [-0.3, -0.25) is 4.98 Å². The van der Waals surface area contributed by atoms with Crippen LogP contribution in [-0.2, 0) is 0 Å². The molecule has 1 atom stereocenters. The van der Waals surface area contributed by atoms with Gasteiger partial charge in [-0.25, -0.2) is 4.79 Å². The number of carbonyl (C=O) groups is 1. The van der Waals surface area contributed by atoms with Gasteiger partial charge in [0, 0.05) is 34.6 Å². The average Bonchev–Trinajstić information content (AvgIpc) is 2.63. The number of pyridine rings is 1. The van der Waals surface area contributed by atoms with E-state index in [1.54, 1.807) is 0 Å². The number of rotatable bonds is 2. The summed E-state index contributed by atoms with van der Waals surface area (Å²) in [6.45, 7) is 4.58. The van der Waals surface area contributed by atoms with Crippen LogP contribution in [0.5, 0.6) is 5.75 Å². The maximum atomic E-state index is 12.6. The zero-order valence-corrected chi connectivity index (χ0v) is 14.9. The second-order valence-corrected chi connectivity index (χ2v) is 6.68. The van der Waals surface area contributed by atoms with Gasteiger partial charge in [0.2, 0.25) is 0 Å². The third-order valence-electron chi connectivity index (χ3n) is 4.66. The van der Waals surface area contributed by atoms with Crippen molar-refractivity contribution in [1.29, 1.82) is 0 Å². The number of benzene rings is 2. The zero-order chi connectivity index (χ0) is 18.1. The van der Waals surface area contributed by atoms with Crippen molar-refractivity contribution < 1.29 is 9.53 Å². The molecule has 26 heavy (non-hydrogen) atoms. The van der Waals surface area contributed by atoms with E-state index < -0.39 is 0 Å². The van der Waals surface area contributed by atoms with Crippen molar-refractivity contribution in [2.45, 2.75) is 26.3 Å². The fourth-order valence-electron chi connectivity index (χ4n) is 3.36. The molecule has 1 aromatic heterocycles. The number of nitrogens with zero attached hydrogens (tertiary/aromatic N) is 1. The number of hydrogen-bond acceptors (Lipinski definition) is 3. The number of hydrogen-bond donors (Lipinski definition) is 2. The Morgan fingerprint density at radius 1 is 1.19 bits per heavy atom. The van der Waals surface area contributed by atoms with E-state index in [0.717, 1.165) is 45.5 Å². The highest BCUT2D eigenvalue weighted by atomic mass is 16.5. The second-order valence-electron chi connectivity index (χ2n) is 6.68. The van der Waals surface area contributed by atoms with Crippen LogP contribution in [0.15, 0.2) is 48.7 Å². The average molecular weight is 347 g/mol. The predicted octanol–water partition coefficient (Wildman–Crippen LogP) is 4.50. The first-order valence-corrected chi connectivity index (χ1v) is 8.76. The van der Waals surface area contributed by atoms with Gasteiger partial charge in [0.1, 0.15) is 5.75 Å². The van der Waals surface area contributed by atoms with Crippen LogP contribution in [-0.4, -0.2) is 17.6 Å². The third kappa shape index (κ3) is 3.20. The highest BCUT2D eigenvalue weighted by Crippen LogP contribution is 2.33. The van der Waals surface area contributed by atoms with Gasteiger partial charge in [0.25, 0.3) is 0 Å². The van der Waals surface area contributed by atoms with Crippen molar-refractivity contribution in [3.05, 3.63) is 65.5 Å². The Labute approximate surface area is 152 Å². The highest BCUT2D eigenvalue weighted by molar-refractivity contribution is 6.01. The van der Waals surface area contributed by atoms with E-state index in [2.05, 4.69) is 21.7 Å². The van der Waals surface area contributed by atoms with Crippen LogP contribution in [0.2, 0.25) is 0 Å². The van der Waals surface area contributed by atoms with Crippen LogP contribution in [0.1, 0.15) is 29.3 Å². The Bertz CT molecular complexity index is 984. The fourth-order valence-corrected chi connectivity index (χ4v) is 3.36. The fraction of sp³-hybridized carbons (Fsp3) is 0.238. The minimum atomic E-state index is -0.216. The maximum Gasteiger partial charge on any atom is 0.319 e. The lowest BCUT2D eigenvalue weighted by atomic mass is 9.99. The number of aryl methyl sites for hydroxylation is 2. The molecule has 5 nitrogen and oxygen atoms in total. The molecular formula is C21H21N3O2. The molecule has 2 amide bonds. The Balaban J connectivity index is 1.56. The van der Waals surface area contributed by atoms with Gasteiger partial charge in [0.15, 0.2) is 0 Å². The van der Waals surface area contributed by atoms with E-state index in [9.17, 15) is 4.79 Å². The summed E-state index contributed by atoms with van der Waals surface area (Å²) in [4.78, 5) is 16.9. The zero-order valence-electron chi connectivity index (χ0n) is 14.9. The summed E-state index contributed by atoms with van der Waals surface area (Å²) in [6.07, 6.45) is 2.58. The van der Waals surface area contributed by atoms with Gasteiger partial charge in [-0.1, -0.05) is 29.8 Å². The SMILES string of the molecule is Cc1ccc2c(c1)C(NC(=O)Nc1cccc3cnc(C)cc13)CCO2. The van der Waals surface area contributed by atoms with E-state index in [1.807, 2.05) is 56.4 Å². The quantitative estimate of drug-likeness (QED) is 0.717. The third-order valence-corrected chi connectivity index (χ3v) is 4.66. The molecule has 1 aliphatic rings. The summed E-state index contributed by atoms with van der Waals surface area (Å²) in [5, 5.41) is 8.06. The first-order valence-electron chi connectivity index (χ1n) is 8.76. The van der Waals surface area contributed by atoms with E-state index >= 15 is 0 Å². The molecule has 0 aliphatic carbocycles. The van der Waals surface area contributed by atoms with Crippen LogP contribution in [0.25, 0.3) is 10.8 Å². The smallest absolute Gasteiger partial charge is 0.319 e. The van der Waals surface area contributed by atoms with Crippen LogP contribution in [0.4, 0.5) is 10.5 Å². The van der Waals surface area contributed by atoms with Crippen LogP contribution >= 0.6 is 0 Å². The Morgan fingerprint density at radius 2 is 2.08 bits per heavy atom. The molecule has 2 heterocycles. The second kappa shape index (κ2) is 6.67. The Morgan fingerprint density at radius 3 is 2.96 bits per heavy atom. The molecule has 132 valence electrons. The van der Waals surface area contributed by atoms with Crippen LogP contribution in [0.3, 0.4) is 0 Å². The monoisotopic (exact) mass is 347 g/mol. The molecule has 0 spiro atoms. The molecule has 2 aromatic carbocycles. The summed E-state index contributed by atoms with van der Waals surface area (Å²) < 4.78 is 5.70. The number of carbonyl (C=O) groups excluding carboxylic acids is 1. The topological polar surface area (TPSA) is 63.2 Å². The van der Waals surface area contributed by atoms with Gasteiger partial charge in [0.05, 0.1) is 18.3 Å². The van der Waals surface area contributed by atoms with Crippen molar-refractivity contribution in [2.75, 3.05) is 11.9 Å². The molecule has 1 unspecified atom stereocenters. The van der Waals surface area contributed by atoms with Gasteiger partial charge in [-0.2, -0.15) is 0 Å². The van der Waals surface area contributed by atoms with E-state index in [1.165, 1.54) is 0 Å². The maximum absolute atomic E-state index is 12.6. The normalized spacial score (nSPS) is 15.8. The predicted molar refractivity (Wildman–Crippen MR) is 103 cm³/mol. The molecule has 0 saturated carbocycles. The van der Waals surface area contributed by atoms with Crippen LogP contribution < -0.4 is 15.4 Å². The molecule has 3 aromatic rings. The van der Waals surface area contributed by atoms with Crippen molar-refractivity contribution in [3.8, 4) is 5.75 Å². The molecule has 0 saturated heterocycles. The van der Waals surface area contributed by atoms with Gasteiger partial charge >= 0.3 is 6.03 Å². The summed E-state index contributed by atoms with van der Waals surface area (Å²) in [5.74, 6) is 0.846. The first kappa shape index (κ1) is 16.4. The van der Waals surface area contributed by atoms with Crippen molar-refractivity contribution >= 4 is 22.5 Å². The van der Waals surface area contributed by atoms with E-state index in [0.29, 0.717) is 6.61 Å². The van der Waals surface area contributed by atoms with Gasteiger partial charge in [-0.15, -0.1) is 0 Å². The minimum absolute atomic E-state index is 0.0583. The lowest BCUT2D eigenvalue weighted by molar-refractivity contribution is 0.232. The summed E-state index contributed by atoms with van der Waals surface area (Å²) >= 11 is 0. The number of anilines is 1. The molecular weight excluding hydrogens is 326 g/mol. The van der Waals surface area contributed by atoms with Gasteiger partial charge in [-0.05, 0) is 32.0 Å². The number of amides is 2. The van der Waals surface area contributed by atoms with Crippen molar-refractivity contribution in [2.24, 2.45) is 0 Å². The van der Waals surface area contributed by atoms with Gasteiger partial charge < -0.3 is 15.4 Å².